The molecule has 2 aliphatic carbocycles. The highest BCUT2D eigenvalue weighted by atomic mass is 35.5. The zero-order valence-electron chi connectivity index (χ0n) is 20.3. The van der Waals surface area contributed by atoms with Crippen molar-refractivity contribution in [1.82, 2.24) is 4.90 Å². The fraction of sp³-hybridized carbons (Fsp3) is 0.552. The second-order valence-corrected chi connectivity index (χ2v) is 11.0. The summed E-state index contributed by atoms with van der Waals surface area (Å²) in [7, 11) is 0. The summed E-state index contributed by atoms with van der Waals surface area (Å²) < 4.78 is 0. The predicted octanol–water partition coefficient (Wildman–Crippen LogP) is 8.30. The fourth-order valence-corrected chi connectivity index (χ4v) is 6.00. The average molecular weight is 486 g/mol. The Morgan fingerprint density at radius 3 is 1.88 bits per heavy atom. The van der Waals surface area contributed by atoms with Gasteiger partial charge in [0, 0.05) is 13.5 Å². The first-order chi connectivity index (χ1) is 16.0. The molecule has 2 aliphatic rings. The average Bonchev–Trinajstić information content (AvgIpc) is 2.77. The number of rotatable bonds is 10. The maximum atomic E-state index is 7.32. The highest BCUT2D eigenvalue weighted by Gasteiger charge is 2.42. The van der Waals surface area contributed by atoms with Crippen molar-refractivity contribution in [2.75, 3.05) is 13.1 Å². The fourth-order valence-electron chi connectivity index (χ4n) is 5.12. The van der Waals surface area contributed by atoms with Crippen molar-refractivity contribution in [3.05, 3.63) is 70.8 Å². The number of halogens is 2. The summed E-state index contributed by atoms with van der Waals surface area (Å²) in [6.45, 7) is 6.98. The third-order valence-electron chi connectivity index (χ3n) is 7.12. The zero-order valence-corrected chi connectivity index (χ0v) is 21.8. The van der Waals surface area contributed by atoms with Crippen LogP contribution in [0.2, 0.25) is 0 Å². The molecule has 2 saturated carbocycles. The van der Waals surface area contributed by atoms with Crippen LogP contribution < -0.4 is 0 Å². The van der Waals surface area contributed by atoms with Crippen molar-refractivity contribution in [2.24, 2.45) is 0 Å². The Morgan fingerprint density at radius 2 is 1.42 bits per heavy atom. The molecule has 178 valence electrons. The Bertz CT molecular complexity index is 873. The molecule has 0 radical (unpaired) electrons. The van der Waals surface area contributed by atoms with E-state index in [1.54, 1.807) is 6.07 Å². The number of nitriles is 1. The normalized spacial score (nSPS) is 17.8. The second kappa shape index (κ2) is 12.3. The van der Waals surface area contributed by atoms with Crippen molar-refractivity contribution in [3.63, 3.8) is 0 Å². The van der Waals surface area contributed by atoms with Gasteiger partial charge in [-0.05, 0) is 93.1 Å². The lowest BCUT2D eigenvalue weighted by molar-refractivity contribution is 0.262. The van der Waals surface area contributed by atoms with Gasteiger partial charge in [-0.1, -0.05) is 55.5 Å². The molecular formula is C29H38Cl2N2. The summed E-state index contributed by atoms with van der Waals surface area (Å²) in [4.78, 5) is 2.28. The largest absolute Gasteiger partial charge is 0.299 e. The number of hydrogen-bond donors (Lipinski definition) is 0. The van der Waals surface area contributed by atoms with Crippen LogP contribution in [0, 0.1) is 11.3 Å². The van der Waals surface area contributed by atoms with Gasteiger partial charge in [-0.15, -0.1) is 23.2 Å². The molecule has 4 rings (SSSR count). The van der Waals surface area contributed by atoms with Crippen LogP contribution in [-0.4, -0.2) is 18.0 Å². The lowest BCUT2D eigenvalue weighted by Crippen LogP contribution is -2.33. The molecule has 0 amide bonds. The Morgan fingerprint density at radius 1 is 0.879 bits per heavy atom. The first-order valence-corrected chi connectivity index (χ1v) is 13.3. The van der Waals surface area contributed by atoms with E-state index in [0.717, 1.165) is 58.2 Å². The summed E-state index contributed by atoms with van der Waals surface area (Å²) >= 11 is 14.1. The van der Waals surface area contributed by atoms with Crippen molar-refractivity contribution >= 4 is 23.2 Å². The van der Waals surface area contributed by atoms with Crippen LogP contribution >= 0.6 is 23.2 Å². The third-order valence-corrected chi connectivity index (χ3v) is 8.29. The summed E-state index contributed by atoms with van der Waals surface area (Å²) in [6.07, 6.45) is 10.3. The highest BCUT2D eigenvalue weighted by molar-refractivity contribution is 6.25. The first kappa shape index (κ1) is 26.1. The van der Waals surface area contributed by atoms with Crippen LogP contribution in [0.15, 0.2) is 48.5 Å². The van der Waals surface area contributed by atoms with Gasteiger partial charge in [0.25, 0.3) is 0 Å². The Balaban J connectivity index is 0.000000968. The minimum absolute atomic E-state index is 0.157. The standard InChI is InChI=1S/C27H35Cl2N.C2H3N/c1-2-19-30(21-22-10-4-3-5-11-22)20-7-12-23-24(26(28)15-8-16-26)13-6-14-25(23)27(29)17-9-18-27;1-2-3/h3-6,10-11,13-14H,2,7-9,12,15-21H2,1H3;1H3. The zero-order chi connectivity index (χ0) is 23.7. The van der Waals surface area contributed by atoms with Crippen molar-refractivity contribution in [2.45, 2.75) is 87.9 Å². The monoisotopic (exact) mass is 484 g/mol. The van der Waals surface area contributed by atoms with Crippen LogP contribution in [0.3, 0.4) is 0 Å². The van der Waals surface area contributed by atoms with Crippen molar-refractivity contribution < 1.29 is 0 Å². The van der Waals surface area contributed by atoms with E-state index in [2.05, 4.69) is 60.4 Å². The molecule has 2 nitrogen and oxygen atoms in total. The summed E-state index contributed by atoms with van der Waals surface area (Å²) in [5.74, 6) is 0. The number of alkyl halides is 2. The molecule has 0 aromatic heterocycles. The molecule has 0 N–H and O–H groups in total. The summed E-state index contributed by atoms with van der Waals surface area (Å²) in [5, 5.41) is 7.32. The molecule has 0 unspecified atom stereocenters. The molecule has 0 spiro atoms. The Hall–Kier alpha value is -1.53. The van der Waals surface area contributed by atoms with E-state index < -0.39 is 0 Å². The van der Waals surface area contributed by atoms with Crippen LogP contribution in [0.1, 0.15) is 87.5 Å². The maximum absolute atomic E-state index is 7.32. The molecule has 0 atom stereocenters. The lowest BCUT2D eigenvalue weighted by atomic mass is 9.71. The van der Waals surface area contributed by atoms with Gasteiger partial charge in [-0.3, -0.25) is 4.90 Å². The molecule has 33 heavy (non-hydrogen) atoms. The van der Waals surface area contributed by atoms with Gasteiger partial charge < -0.3 is 0 Å². The third kappa shape index (κ3) is 6.54. The molecule has 0 heterocycles. The van der Waals surface area contributed by atoms with E-state index in [0.29, 0.717) is 0 Å². The molecule has 2 aromatic rings. The van der Waals surface area contributed by atoms with Gasteiger partial charge in [-0.25, -0.2) is 0 Å². The number of hydrogen-bond acceptors (Lipinski definition) is 2. The quantitative estimate of drug-likeness (QED) is 0.317. The van der Waals surface area contributed by atoms with Crippen molar-refractivity contribution in [1.29, 1.82) is 5.26 Å². The molecule has 0 bridgehead atoms. The smallest absolute Gasteiger partial charge is 0.0697 e. The van der Waals surface area contributed by atoms with Gasteiger partial charge in [-0.2, -0.15) is 5.26 Å². The van der Waals surface area contributed by atoms with Crippen LogP contribution in [0.4, 0.5) is 0 Å². The summed E-state index contributed by atoms with van der Waals surface area (Å²) in [6, 6.07) is 19.3. The van der Waals surface area contributed by atoms with Gasteiger partial charge in [0.15, 0.2) is 0 Å². The van der Waals surface area contributed by atoms with Gasteiger partial charge in [0.2, 0.25) is 0 Å². The predicted molar refractivity (Wildman–Crippen MR) is 141 cm³/mol. The topological polar surface area (TPSA) is 27.0 Å². The van der Waals surface area contributed by atoms with Gasteiger partial charge in [0.1, 0.15) is 0 Å². The molecule has 4 heteroatoms. The molecule has 0 saturated heterocycles. The van der Waals surface area contributed by atoms with E-state index in [1.165, 1.54) is 48.4 Å². The Kier molecular flexibility index (Phi) is 9.69. The molecule has 2 aromatic carbocycles. The van der Waals surface area contributed by atoms with Crippen LogP contribution in [-0.2, 0) is 22.7 Å². The van der Waals surface area contributed by atoms with Crippen molar-refractivity contribution in [3.8, 4) is 6.07 Å². The molecular weight excluding hydrogens is 447 g/mol. The van der Waals surface area contributed by atoms with E-state index in [-0.39, 0.29) is 9.75 Å². The molecule has 2 fully saturated rings. The molecule has 0 aliphatic heterocycles. The van der Waals surface area contributed by atoms with Gasteiger partial charge in [0.05, 0.1) is 15.8 Å². The van der Waals surface area contributed by atoms with E-state index >= 15 is 0 Å². The number of nitrogens with zero attached hydrogens (tertiary/aromatic N) is 2. The van der Waals surface area contributed by atoms with E-state index in [4.69, 9.17) is 28.5 Å². The first-order valence-electron chi connectivity index (χ1n) is 12.5. The maximum Gasteiger partial charge on any atom is 0.0697 e. The number of benzene rings is 2. The second-order valence-electron chi connectivity index (χ2n) is 9.56. The minimum Gasteiger partial charge on any atom is -0.299 e. The van der Waals surface area contributed by atoms with Crippen LogP contribution in [0.5, 0.6) is 0 Å². The van der Waals surface area contributed by atoms with Gasteiger partial charge >= 0.3 is 0 Å². The Labute approximate surface area is 210 Å². The van der Waals surface area contributed by atoms with Crippen LogP contribution in [0.25, 0.3) is 0 Å². The SMILES string of the molecule is CC#N.CCCN(CCCc1c(C2(Cl)CCC2)cccc1C1(Cl)CCC1)Cc1ccccc1. The highest BCUT2D eigenvalue weighted by Crippen LogP contribution is 2.53. The van der Waals surface area contributed by atoms with E-state index in [9.17, 15) is 0 Å². The van der Waals surface area contributed by atoms with E-state index in [1.807, 2.05) is 0 Å². The summed E-state index contributed by atoms with van der Waals surface area (Å²) in [5.41, 5.74) is 5.59. The lowest BCUT2D eigenvalue weighted by Gasteiger charge is -2.42. The minimum atomic E-state index is -0.157.